The minimum absolute atomic E-state index is 0.0297. The Bertz CT molecular complexity index is 2170. The number of aromatic nitrogens is 6. The van der Waals surface area contributed by atoms with E-state index < -0.39 is 23.1 Å². The summed E-state index contributed by atoms with van der Waals surface area (Å²) in [5.41, 5.74) is 0.927. The van der Waals surface area contributed by atoms with Gasteiger partial charge in [-0.25, -0.2) is 4.98 Å². The van der Waals surface area contributed by atoms with E-state index in [1.807, 2.05) is 20.8 Å². The van der Waals surface area contributed by atoms with E-state index in [-0.39, 0.29) is 40.3 Å². The summed E-state index contributed by atoms with van der Waals surface area (Å²) in [5.74, 6) is -0.0338. The van der Waals surface area contributed by atoms with Gasteiger partial charge in [-0.2, -0.15) is 22.7 Å². The normalized spacial score (nSPS) is 17.6. The molecule has 1 spiro atoms. The lowest BCUT2D eigenvalue weighted by molar-refractivity contribution is -0.137. The number of nitrogens with one attached hydrogen (secondary N) is 1. The maximum Gasteiger partial charge on any atom is 0.416 e. The molecule has 1 fully saturated rings. The molecule has 16 heteroatoms. The van der Waals surface area contributed by atoms with Crippen LogP contribution in [0.15, 0.2) is 41.3 Å². The number of benzene rings is 1. The Kier molecular flexibility index (Phi) is 8.27. The van der Waals surface area contributed by atoms with Gasteiger partial charge in [-0.15, -0.1) is 16.4 Å². The molecule has 1 saturated heterocycles. The van der Waals surface area contributed by atoms with Crippen LogP contribution < -0.4 is 10.9 Å². The highest BCUT2D eigenvalue weighted by molar-refractivity contribution is 7.15. The number of hydrogen-bond donors (Lipinski definition) is 2. The van der Waals surface area contributed by atoms with Gasteiger partial charge in [0.25, 0.3) is 5.56 Å². The number of alkyl halides is 3. The predicted octanol–water partition coefficient (Wildman–Crippen LogP) is 6.08. The van der Waals surface area contributed by atoms with Gasteiger partial charge in [-0.1, -0.05) is 18.5 Å². The number of pyridine rings is 1. The van der Waals surface area contributed by atoms with Crippen molar-refractivity contribution in [3.8, 4) is 16.5 Å². The van der Waals surface area contributed by atoms with Gasteiger partial charge < -0.3 is 15.0 Å². The van der Waals surface area contributed by atoms with E-state index in [9.17, 15) is 27.9 Å². The third-order valence-corrected chi connectivity index (χ3v) is 10.9. The number of amides is 1. The molecule has 2 N–H and O–H groups in total. The summed E-state index contributed by atoms with van der Waals surface area (Å²) in [7, 11) is 0. The number of anilines is 1. The van der Waals surface area contributed by atoms with Crippen LogP contribution in [-0.4, -0.2) is 58.1 Å². The zero-order valence-corrected chi connectivity index (χ0v) is 28.4. The van der Waals surface area contributed by atoms with Gasteiger partial charge in [-0.05, 0) is 82.4 Å². The SMILES string of the molecule is Cc1nc(C)c(-c2nc3n(CC(=O)Nc4ccc(C(F)(F)F)cc4Cl)c4c(c(=O)n3n2)C2(CCN(Cc3ncccc3O)CC2)CC4C)s1. The number of halogens is 4. The lowest BCUT2D eigenvalue weighted by Gasteiger charge is -2.39. The number of fused-ring (bicyclic) bond motifs is 3. The van der Waals surface area contributed by atoms with Crippen LogP contribution in [0, 0.1) is 13.8 Å². The van der Waals surface area contributed by atoms with Gasteiger partial charge in [0, 0.05) is 29.4 Å². The third kappa shape index (κ3) is 5.97. The molecule has 0 bridgehead atoms. The van der Waals surface area contributed by atoms with Crippen molar-refractivity contribution in [3.05, 3.63) is 85.1 Å². The fraction of sp³-hybridized carbons (Fsp3) is 0.394. The van der Waals surface area contributed by atoms with Crippen molar-refractivity contribution in [1.82, 2.24) is 34.0 Å². The second-order valence-electron chi connectivity index (χ2n) is 12.8. The van der Waals surface area contributed by atoms with E-state index >= 15 is 0 Å². The molecule has 5 aromatic rings. The first kappa shape index (κ1) is 33.2. The maximum atomic E-state index is 14.4. The lowest BCUT2D eigenvalue weighted by Crippen LogP contribution is -2.44. The molecule has 11 nitrogen and oxygen atoms in total. The average molecular weight is 713 g/mol. The van der Waals surface area contributed by atoms with Crippen molar-refractivity contribution in [3.63, 3.8) is 0 Å². The minimum atomic E-state index is -4.59. The third-order valence-electron chi connectivity index (χ3n) is 9.51. The number of aryl methyl sites for hydroxylation is 2. The van der Waals surface area contributed by atoms with Crippen molar-refractivity contribution >= 4 is 40.3 Å². The van der Waals surface area contributed by atoms with Gasteiger partial charge in [0.05, 0.1) is 37.5 Å². The van der Waals surface area contributed by atoms with E-state index in [1.54, 1.807) is 22.9 Å². The summed E-state index contributed by atoms with van der Waals surface area (Å²) in [4.78, 5) is 44.5. The molecule has 4 aromatic heterocycles. The largest absolute Gasteiger partial charge is 0.506 e. The molecule has 1 aromatic carbocycles. The number of aromatic hydroxyl groups is 1. The Morgan fingerprint density at radius 2 is 1.94 bits per heavy atom. The molecule has 7 rings (SSSR count). The second-order valence-corrected chi connectivity index (χ2v) is 14.4. The summed E-state index contributed by atoms with van der Waals surface area (Å²) in [6, 6.07) is 6.03. The first-order valence-electron chi connectivity index (χ1n) is 15.7. The lowest BCUT2D eigenvalue weighted by atomic mass is 9.73. The highest BCUT2D eigenvalue weighted by Crippen LogP contribution is 2.50. The van der Waals surface area contributed by atoms with Crippen LogP contribution >= 0.6 is 22.9 Å². The number of hydrogen-bond acceptors (Lipinski definition) is 9. The highest BCUT2D eigenvalue weighted by Gasteiger charge is 2.48. The van der Waals surface area contributed by atoms with Gasteiger partial charge in [0.1, 0.15) is 12.3 Å². The van der Waals surface area contributed by atoms with E-state index in [2.05, 4.69) is 25.3 Å². The van der Waals surface area contributed by atoms with Crippen LogP contribution in [-0.2, 0) is 29.5 Å². The van der Waals surface area contributed by atoms with Crippen LogP contribution in [0.4, 0.5) is 18.9 Å². The molecule has 2 aliphatic rings. The molecule has 1 aliphatic carbocycles. The first-order valence-corrected chi connectivity index (χ1v) is 16.9. The fourth-order valence-electron chi connectivity index (χ4n) is 7.34. The number of thiazole rings is 1. The van der Waals surface area contributed by atoms with Crippen molar-refractivity contribution in [2.24, 2.45) is 0 Å². The monoisotopic (exact) mass is 712 g/mol. The summed E-state index contributed by atoms with van der Waals surface area (Å²) in [6.07, 6.45) is -0.926. The standard InChI is InChI=1S/C33H32ClF3N8O3S/c1-17-14-32(8-11-43(12-9-32)15-23-24(46)5-4-10-38-23)26-27(17)44(16-25(47)40-22-7-6-20(13-21(22)34)33(35,36)37)31-41-29(42-45(31)30(26)48)28-18(2)39-19(3)49-28/h4-7,10,13,17,46H,8-9,11-12,14-16H2,1-3H3,(H,40,47). The summed E-state index contributed by atoms with van der Waals surface area (Å²) in [5, 5.41) is 18.1. The Hall–Kier alpha value is -4.34. The Balaban J connectivity index is 1.28. The van der Waals surface area contributed by atoms with Gasteiger partial charge >= 0.3 is 6.18 Å². The number of carbonyl (C=O) groups is 1. The van der Waals surface area contributed by atoms with Gasteiger partial charge in [0.15, 0.2) is 5.82 Å². The molecule has 5 heterocycles. The molecule has 256 valence electrons. The van der Waals surface area contributed by atoms with Crippen molar-refractivity contribution in [1.29, 1.82) is 0 Å². The smallest absolute Gasteiger partial charge is 0.416 e. The van der Waals surface area contributed by atoms with E-state index in [0.29, 0.717) is 66.5 Å². The van der Waals surface area contributed by atoms with Crippen LogP contribution in [0.3, 0.4) is 0 Å². The number of piperidine rings is 1. The van der Waals surface area contributed by atoms with Crippen molar-refractivity contribution in [2.45, 2.75) is 70.6 Å². The minimum Gasteiger partial charge on any atom is -0.506 e. The molecular weight excluding hydrogens is 681 g/mol. The molecular formula is C33H32ClF3N8O3S. The molecule has 0 radical (unpaired) electrons. The quantitative estimate of drug-likeness (QED) is 0.217. The summed E-state index contributed by atoms with van der Waals surface area (Å²) in [6.45, 7) is 7.25. The fourth-order valence-corrected chi connectivity index (χ4v) is 8.42. The Morgan fingerprint density at radius 1 is 1.18 bits per heavy atom. The first-order chi connectivity index (χ1) is 23.2. The van der Waals surface area contributed by atoms with E-state index in [0.717, 1.165) is 28.9 Å². The molecule has 1 atom stereocenters. The summed E-state index contributed by atoms with van der Waals surface area (Å²) >= 11 is 7.56. The molecule has 1 amide bonds. The van der Waals surface area contributed by atoms with Crippen LogP contribution in [0.2, 0.25) is 5.02 Å². The van der Waals surface area contributed by atoms with Crippen molar-refractivity contribution in [2.75, 3.05) is 18.4 Å². The van der Waals surface area contributed by atoms with Gasteiger partial charge in [-0.3, -0.25) is 19.5 Å². The number of rotatable bonds is 6. The molecule has 0 saturated carbocycles. The number of carbonyl (C=O) groups excluding carboxylic acids is 1. The van der Waals surface area contributed by atoms with Crippen LogP contribution in [0.5, 0.6) is 5.75 Å². The molecule has 1 unspecified atom stereocenters. The van der Waals surface area contributed by atoms with E-state index in [4.69, 9.17) is 16.6 Å². The average Bonchev–Trinajstić information content (AvgIpc) is 3.71. The zero-order chi connectivity index (χ0) is 34.8. The predicted molar refractivity (Wildman–Crippen MR) is 178 cm³/mol. The topological polar surface area (TPSA) is 131 Å². The number of nitrogens with zero attached hydrogens (tertiary/aromatic N) is 7. The van der Waals surface area contributed by atoms with Crippen molar-refractivity contribution < 1.29 is 23.1 Å². The highest BCUT2D eigenvalue weighted by atomic mass is 35.5. The van der Waals surface area contributed by atoms with Crippen LogP contribution in [0.25, 0.3) is 16.5 Å². The Morgan fingerprint density at radius 3 is 2.59 bits per heavy atom. The maximum absolute atomic E-state index is 14.4. The number of likely N-dealkylation sites (tertiary alicyclic amines) is 1. The van der Waals surface area contributed by atoms with Crippen LogP contribution in [0.1, 0.15) is 65.3 Å². The molecule has 49 heavy (non-hydrogen) atoms. The molecule has 1 aliphatic heterocycles. The second kappa shape index (κ2) is 12.2. The Labute approximate surface area is 287 Å². The summed E-state index contributed by atoms with van der Waals surface area (Å²) < 4.78 is 42.6. The van der Waals surface area contributed by atoms with E-state index in [1.165, 1.54) is 15.9 Å². The van der Waals surface area contributed by atoms with Gasteiger partial charge in [0.2, 0.25) is 11.7 Å². The zero-order valence-electron chi connectivity index (χ0n) is 26.8.